The zero-order chi connectivity index (χ0) is 17.0. The Labute approximate surface area is 134 Å². The highest BCUT2D eigenvalue weighted by molar-refractivity contribution is 7.91. The van der Waals surface area contributed by atoms with E-state index in [9.17, 15) is 18.5 Å². The van der Waals surface area contributed by atoms with Gasteiger partial charge in [-0.25, -0.2) is 8.42 Å². The van der Waals surface area contributed by atoms with Crippen molar-refractivity contribution in [2.45, 2.75) is 17.9 Å². The van der Waals surface area contributed by atoms with Gasteiger partial charge in [-0.3, -0.25) is 10.1 Å². The van der Waals surface area contributed by atoms with E-state index in [0.717, 1.165) is 5.56 Å². The lowest BCUT2D eigenvalue weighted by atomic mass is 10.1. The van der Waals surface area contributed by atoms with Crippen LogP contribution in [0, 0.1) is 17.0 Å². The molecule has 0 fully saturated rings. The predicted octanol–water partition coefficient (Wildman–Crippen LogP) is 3.06. The molecule has 0 aliphatic rings. The first-order valence-corrected chi connectivity index (χ1v) is 8.55. The van der Waals surface area contributed by atoms with Gasteiger partial charge in [0.2, 0.25) is 0 Å². The summed E-state index contributed by atoms with van der Waals surface area (Å²) in [5, 5.41) is 10.7. The van der Waals surface area contributed by atoms with Crippen molar-refractivity contribution in [1.29, 1.82) is 0 Å². The molecule has 0 bridgehead atoms. The average molecular weight is 335 g/mol. The molecule has 6 nitrogen and oxygen atoms in total. The monoisotopic (exact) mass is 335 g/mol. The normalized spacial score (nSPS) is 12.8. The molecular formula is C16H17NO5S. The molecule has 23 heavy (non-hydrogen) atoms. The number of nitro benzene ring substituents is 1. The second-order valence-electron chi connectivity index (χ2n) is 5.17. The van der Waals surface area contributed by atoms with E-state index >= 15 is 0 Å². The smallest absolute Gasteiger partial charge is 0.269 e. The highest BCUT2D eigenvalue weighted by atomic mass is 32.2. The van der Waals surface area contributed by atoms with E-state index in [4.69, 9.17) is 4.74 Å². The van der Waals surface area contributed by atoms with Gasteiger partial charge in [-0.05, 0) is 36.8 Å². The Morgan fingerprint density at radius 2 is 1.65 bits per heavy atom. The minimum Gasteiger partial charge on any atom is -0.376 e. The number of sulfone groups is 1. The first-order valence-electron chi connectivity index (χ1n) is 6.90. The van der Waals surface area contributed by atoms with Crippen LogP contribution in [0.3, 0.4) is 0 Å². The van der Waals surface area contributed by atoms with Gasteiger partial charge in [0, 0.05) is 19.2 Å². The van der Waals surface area contributed by atoms with Crippen molar-refractivity contribution in [3.05, 3.63) is 69.8 Å². The fraction of sp³-hybridized carbons (Fsp3) is 0.250. The molecule has 1 unspecified atom stereocenters. The van der Waals surface area contributed by atoms with Crippen LogP contribution in [0.5, 0.6) is 0 Å². The van der Waals surface area contributed by atoms with Crippen LogP contribution in [0.25, 0.3) is 0 Å². The molecule has 7 heteroatoms. The number of methoxy groups -OCH3 is 1. The van der Waals surface area contributed by atoms with Crippen molar-refractivity contribution >= 4 is 15.5 Å². The van der Waals surface area contributed by atoms with Crippen LogP contribution in [0.15, 0.2) is 53.4 Å². The summed E-state index contributed by atoms with van der Waals surface area (Å²) >= 11 is 0. The zero-order valence-electron chi connectivity index (χ0n) is 12.8. The largest absolute Gasteiger partial charge is 0.376 e. The summed E-state index contributed by atoms with van der Waals surface area (Å²) in [4.78, 5) is 10.4. The van der Waals surface area contributed by atoms with Crippen LogP contribution in [0.1, 0.15) is 17.2 Å². The lowest BCUT2D eigenvalue weighted by Crippen LogP contribution is -2.16. The summed E-state index contributed by atoms with van der Waals surface area (Å²) in [6.07, 6.45) is -0.692. The fourth-order valence-corrected chi connectivity index (χ4v) is 3.62. The third-order valence-corrected chi connectivity index (χ3v) is 5.24. The summed E-state index contributed by atoms with van der Waals surface area (Å²) in [5.41, 5.74) is 1.50. The molecule has 1 atom stereocenters. The Hall–Kier alpha value is -2.25. The molecule has 0 aromatic heterocycles. The van der Waals surface area contributed by atoms with E-state index < -0.39 is 20.9 Å². The van der Waals surface area contributed by atoms with Crippen molar-refractivity contribution in [2.24, 2.45) is 0 Å². The number of aryl methyl sites for hydroxylation is 1. The van der Waals surface area contributed by atoms with Gasteiger partial charge in [0.25, 0.3) is 5.69 Å². The van der Waals surface area contributed by atoms with E-state index in [1.165, 1.54) is 31.4 Å². The van der Waals surface area contributed by atoms with E-state index in [-0.39, 0.29) is 16.3 Å². The molecule has 0 saturated heterocycles. The number of non-ortho nitro benzene ring substituents is 1. The number of rotatable bonds is 6. The fourth-order valence-electron chi connectivity index (χ4n) is 2.15. The number of hydrogen-bond acceptors (Lipinski definition) is 5. The Morgan fingerprint density at radius 3 is 2.13 bits per heavy atom. The third-order valence-electron chi connectivity index (χ3n) is 3.51. The van der Waals surface area contributed by atoms with Crippen LogP contribution in [-0.4, -0.2) is 26.2 Å². The molecular weight excluding hydrogens is 318 g/mol. The van der Waals surface area contributed by atoms with Crippen molar-refractivity contribution in [1.82, 2.24) is 0 Å². The first kappa shape index (κ1) is 17.1. The highest BCUT2D eigenvalue weighted by Crippen LogP contribution is 2.24. The molecule has 0 saturated carbocycles. The molecule has 0 heterocycles. The van der Waals surface area contributed by atoms with Crippen molar-refractivity contribution < 1.29 is 18.1 Å². The van der Waals surface area contributed by atoms with Gasteiger partial charge in [0.05, 0.1) is 21.7 Å². The highest BCUT2D eigenvalue weighted by Gasteiger charge is 2.23. The molecule has 0 radical (unpaired) electrons. The minimum atomic E-state index is -3.52. The van der Waals surface area contributed by atoms with Crippen molar-refractivity contribution in [2.75, 3.05) is 12.9 Å². The SMILES string of the molecule is COC(CS(=O)(=O)c1ccc(C)cc1)c1ccc([N+](=O)[O-])cc1. The van der Waals surface area contributed by atoms with E-state index in [0.29, 0.717) is 5.56 Å². The van der Waals surface area contributed by atoms with Crippen LogP contribution in [0.2, 0.25) is 0 Å². The second-order valence-corrected chi connectivity index (χ2v) is 7.20. The Balaban J connectivity index is 2.24. The maximum absolute atomic E-state index is 12.5. The van der Waals surface area contributed by atoms with E-state index in [1.54, 1.807) is 24.3 Å². The van der Waals surface area contributed by atoms with Crippen molar-refractivity contribution in [3.8, 4) is 0 Å². The third kappa shape index (κ3) is 4.14. The number of benzene rings is 2. The molecule has 122 valence electrons. The van der Waals surface area contributed by atoms with Crippen LogP contribution >= 0.6 is 0 Å². The van der Waals surface area contributed by atoms with Gasteiger partial charge in [-0.2, -0.15) is 0 Å². The van der Waals surface area contributed by atoms with E-state index in [1.807, 2.05) is 6.92 Å². The standard InChI is InChI=1S/C16H17NO5S/c1-12-3-9-15(10-4-12)23(20,21)11-16(22-2)13-5-7-14(8-6-13)17(18)19/h3-10,16H,11H2,1-2H3. The molecule has 2 rings (SSSR count). The van der Waals surface area contributed by atoms with Crippen molar-refractivity contribution in [3.63, 3.8) is 0 Å². The van der Waals surface area contributed by atoms with E-state index in [2.05, 4.69) is 0 Å². The Kier molecular flexibility index (Phi) is 5.12. The molecule has 0 aliphatic heterocycles. The first-order chi connectivity index (χ1) is 10.8. The van der Waals surface area contributed by atoms with Gasteiger partial charge in [-0.1, -0.05) is 17.7 Å². The molecule has 2 aromatic rings. The van der Waals surface area contributed by atoms with Gasteiger partial charge in [0.1, 0.15) is 0 Å². The lowest BCUT2D eigenvalue weighted by molar-refractivity contribution is -0.384. The molecule has 2 aromatic carbocycles. The van der Waals surface area contributed by atoms with Crippen LogP contribution < -0.4 is 0 Å². The number of ether oxygens (including phenoxy) is 1. The summed E-state index contributed by atoms with van der Waals surface area (Å²) in [6, 6.07) is 12.3. The van der Waals surface area contributed by atoms with Gasteiger partial charge >= 0.3 is 0 Å². The predicted molar refractivity (Wildman–Crippen MR) is 86.1 cm³/mol. The maximum atomic E-state index is 12.5. The summed E-state index contributed by atoms with van der Waals surface area (Å²) in [6.45, 7) is 1.88. The average Bonchev–Trinajstić information content (AvgIpc) is 2.53. The molecule has 0 N–H and O–H groups in total. The number of hydrogen-bond donors (Lipinski definition) is 0. The summed E-state index contributed by atoms with van der Waals surface area (Å²) < 4.78 is 30.2. The Bertz CT molecular complexity index is 782. The van der Waals surface area contributed by atoms with Gasteiger partial charge in [-0.15, -0.1) is 0 Å². The van der Waals surface area contributed by atoms with Crippen LogP contribution in [0.4, 0.5) is 5.69 Å². The number of nitrogens with zero attached hydrogens (tertiary/aromatic N) is 1. The Morgan fingerprint density at radius 1 is 1.09 bits per heavy atom. The lowest BCUT2D eigenvalue weighted by Gasteiger charge is -2.16. The van der Waals surface area contributed by atoms with Gasteiger partial charge < -0.3 is 4.74 Å². The number of nitro groups is 1. The van der Waals surface area contributed by atoms with Crippen LogP contribution in [-0.2, 0) is 14.6 Å². The van der Waals surface area contributed by atoms with Gasteiger partial charge in [0.15, 0.2) is 9.84 Å². The summed E-state index contributed by atoms with van der Waals surface area (Å²) in [7, 11) is -2.11. The minimum absolute atomic E-state index is 0.0509. The topological polar surface area (TPSA) is 86.5 Å². The quantitative estimate of drug-likeness (QED) is 0.598. The molecule has 0 spiro atoms. The second kappa shape index (κ2) is 6.89. The molecule has 0 aliphatic carbocycles. The zero-order valence-corrected chi connectivity index (χ0v) is 13.6. The summed E-state index contributed by atoms with van der Waals surface area (Å²) in [5.74, 6) is -0.232. The maximum Gasteiger partial charge on any atom is 0.269 e. The molecule has 0 amide bonds.